The van der Waals surface area contributed by atoms with Gasteiger partial charge in [-0.3, -0.25) is 0 Å². The number of nitrogens with one attached hydrogen (secondary N) is 2. The fraction of sp³-hybridized carbons (Fsp3) is 0.714. The van der Waals surface area contributed by atoms with E-state index in [0.717, 1.165) is 18.0 Å². The highest BCUT2D eigenvalue weighted by Crippen LogP contribution is 2.25. The summed E-state index contributed by atoms with van der Waals surface area (Å²) in [5.74, 6) is 0.275. The third kappa shape index (κ3) is 5.16. The minimum atomic E-state index is -3.39. The van der Waals surface area contributed by atoms with Crippen molar-refractivity contribution in [2.45, 2.75) is 46.1 Å². The monoisotopic (exact) mass is 318 g/mol. The fourth-order valence-electron chi connectivity index (χ4n) is 1.47. The second kappa shape index (κ2) is 7.02. The van der Waals surface area contributed by atoms with Gasteiger partial charge in [0.15, 0.2) is 0 Å². The Morgan fingerprint density at radius 2 is 2.00 bits per heavy atom. The van der Waals surface area contributed by atoms with E-state index in [1.54, 1.807) is 11.4 Å². The Labute approximate surface area is 127 Å². The molecular weight excluding hydrogens is 292 g/mol. The first kappa shape index (κ1) is 17.6. The normalized spacial score (nSPS) is 14.4. The van der Waals surface area contributed by atoms with Crippen LogP contribution >= 0.6 is 11.3 Å². The third-order valence-electron chi connectivity index (χ3n) is 3.55. The van der Waals surface area contributed by atoms with Crippen molar-refractivity contribution in [1.82, 2.24) is 10.0 Å². The van der Waals surface area contributed by atoms with Crippen molar-refractivity contribution < 1.29 is 8.42 Å². The Balaban J connectivity index is 2.67. The molecule has 4 nitrogen and oxygen atoms in total. The molecule has 0 bridgehead atoms. The molecule has 0 saturated heterocycles. The van der Waals surface area contributed by atoms with Gasteiger partial charge in [-0.25, -0.2) is 13.1 Å². The molecule has 0 aliphatic heterocycles. The molecular formula is C14H26N2O2S2. The Bertz CT molecular complexity index is 516. The molecule has 1 atom stereocenters. The van der Waals surface area contributed by atoms with Crippen LogP contribution in [0.25, 0.3) is 0 Å². The Morgan fingerprint density at radius 3 is 2.55 bits per heavy atom. The number of sulfonamides is 1. The van der Waals surface area contributed by atoms with Crippen LogP contribution in [0.2, 0.25) is 0 Å². The topological polar surface area (TPSA) is 58.2 Å². The van der Waals surface area contributed by atoms with Gasteiger partial charge in [-0.1, -0.05) is 34.6 Å². The molecule has 1 rings (SSSR count). The highest BCUT2D eigenvalue weighted by Gasteiger charge is 2.23. The van der Waals surface area contributed by atoms with E-state index in [-0.39, 0.29) is 11.3 Å². The van der Waals surface area contributed by atoms with Gasteiger partial charge in [0.25, 0.3) is 0 Å². The average Bonchev–Trinajstić information content (AvgIpc) is 2.81. The third-order valence-corrected chi connectivity index (χ3v) is 6.04. The highest BCUT2D eigenvalue weighted by molar-refractivity contribution is 7.89. The van der Waals surface area contributed by atoms with Gasteiger partial charge in [0, 0.05) is 23.3 Å². The van der Waals surface area contributed by atoms with Crippen LogP contribution in [-0.2, 0) is 16.6 Å². The minimum Gasteiger partial charge on any atom is -0.312 e. The molecule has 0 fully saturated rings. The molecule has 20 heavy (non-hydrogen) atoms. The summed E-state index contributed by atoms with van der Waals surface area (Å²) in [6.45, 7) is 12.5. The zero-order chi connectivity index (χ0) is 15.4. The molecule has 1 aromatic heterocycles. The van der Waals surface area contributed by atoms with Crippen LogP contribution in [0.3, 0.4) is 0 Å². The lowest BCUT2D eigenvalue weighted by Crippen LogP contribution is -2.33. The SMILES string of the molecule is CCNCc1cc(S(=O)(=O)NCC(C)C(C)(C)C)cs1. The van der Waals surface area contributed by atoms with Gasteiger partial charge in [-0.2, -0.15) is 0 Å². The smallest absolute Gasteiger partial charge is 0.241 e. The van der Waals surface area contributed by atoms with Gasteiger partial charge < -0.3 is 5.32 Å². The summed E-state index contributed by atoms with van der Waals surface area (Å²) in [5, 5.41) is 4.90. The van der Waals surface area contributed by atoms with E-state index in [1.165, 1.54) is 11.3 Å². The number of hydrogen-bond acceptors (Lipinski definition) is 4. The van der Waals surface area contributed by atoms with Gasteiger partial charge in [0.1, 0.15) is 0 Å². The van der Waals surface area contributed by atoms with Crippen molar-refractivity contribution in [2.75, 3.05) is 13.1 Å². The average molecular weight is 319 g/mol. The molecule has 0 spiro atoms. The summed E-state index contributed by atoms with van der Waals surface area (Å²) in [6.07, 6.45) is 0. The predicted octanol–water partition coefficient (Wildman–Crippen LogP) is 2.82. The van der Waals surface area contributed by atoms with Crippen molar-refractivity contribution in [1.29, 1.82) is 0 Å². The number of thiophene rings is 1. The lowest BCUT2D eigenvalue weighted by Gasteiger charge is -2.27. The van der Waals surface area contributed by atoms with E-state index in [2.05, 4.69) is 37.7 Å². The van der Waals surface area contributed by atoms with Gasteiger partial charge in [0.2, 0.25) is 10.0 Å². The largest absolute Gasteiger partial charge is 0.312 e. The van der Waals surface area contributed by atoms with Gasteiger partial charge in [0.05, 0.1) is 4.90 Å². The summed E-state index contributed by atoms with van der Waals surface area (Å²) in [4.78, 5) is 1.41. The molecule has 1 aromatic rings. The number of rotatable bonds is 7. The first-order valence-electron chi connectivity index (χ1n) is 6.94. The van der Waals surface area contributed by atoms with Crippen molar-refractivity contribution in [3.05, 3.63) is 16.3 Å². The van der Waals surface area contributed by atoms with Crippen LogP contribution in [0.15, 0.2) is 16.3 Å². The van der Waals surface area contributed by atoms with Crippen LogP contribution < -0.4 is 10.0 Å². The molecule has 0 amide bonds. The Hall–Kier alpha value is -0.430. The Kier molecular flexibility index (Phi) is 6.19. The summed E-state index contributed by atoms with van der Waals surface area (Å²) in [7, 11) is -3.39. The molecule has 2 N–H and O–H groups in total. The first-order valence-corrected chi connectivity index (χ1v) is 9.31. The first-order chi connectivity index (χ1) is 9.16. The fourth-order valence-corrected chi connectivity index (χ4v) is 3.84. The predicted molar refractivity (Wildman–Crippen MR) is 85.5 cm³/mol. The van der Waals surface area contributed by atoms with Crippen molar-refractivity contribution in [2.24, 2.45) is 11.3 Å². The Morgan fingerprint density at radius 1 is 1.35 bits per heavy atom. The minimum absolute atomic E-state index is 0.0906. The lowest BCUT2D eigenvalue weighted by atomic mass is 9.82. The van der Waals surface area contributed by atoms with Crippen LogP contribution in [0, 0.1) is 11.3 Å². The second-order valence-corrected chi connectivity index (χ2v) is 8.91. The standard InChI is InChI=1S/C14H26N2O2S2/c1-6-15-9-12-7-13(10-19-12)20(17,18)16-8-11(2)14(3,4)5/h7,10-11,15-16H,6,8-9H2,1-5H3. The molecule has 116 valence electrons. The molecule has 0 aromatic carbocycles. The van der Waals surface area contributed by atoms with Crippen molar-refractivity contribution in [3.63, 3.8) is 0 Å². The van der Waals surface area contributed by atoms with Gasteiger partial charge in [-0.05, 0) is 23.9 Å². The van der Waals surface area contributed by atoms with E-state index in [1.807, 2.05) is 6.92 Å². The van der Waals surface area contributed by atoms with E-state index in [4.69, 9.17) is 0 Å². The van der Waals surface area contributed by atoms with E-state index >= 15 is 0 Å². The quantitative estimate of drug-likeness (QED) is 0.813. The summed E-state index contributed by atoms with van der Waals surface area (Å²) >= 11 is 1.47. The van der Waals surface area contributed by atoms with E-state index in [0.29, 0.717) is 11.4 Å². The van der Waals surface area contributed by atoms with E-state index in [9.17, 15) is 8.42 Å². The lowest BCUT2D eigenvalue weighted by molar-refractivity contribution is 0.263. The maximum atomic E-state index is 12.2. The van der Waals surface area contributed by atoms with E-state index < -0.39 is 10.0 Å². The number of hydrogen-bond donors (Lipinski definition) is 2. The molecule has 6 heteroatoms. The van der Waals surface area contributed by atoms with Gasteiger partial charge >= 0.3 is 0 Å². The van der Waals surface area contributed by atoms with Crippen LogP contribution in [0.1, 0.15) is 39.5 Å². The molecule has 0 aliphatic rings. The second-order valence-electron chi connectivity index (χ2n) is 6.15. The molecule has 0 aliphatic carbocycles. The van der Waals surface area contributed by atoms with Crippen LogP contribution in [0.4, 0.5) is 0 Å². The molecule has 1 unspecified atom stereocenters. The van der Waals surface area contributed by atoms with Crippen LogP contribution in [0.5, 0.6) is 0 Å². The highest BCUT2D eigenvalue weighted by atomic mass is 32.2. The molecule has 0 radical (unpaired) electrons. The summed E-state index contributed by atoms with van der Waals surface area (Å²) < 4.78 is 27.2. The maximum Gasteiger partial charge on any atom is 0.241 e. The zero-order valence-electron chi connectivity index (χ0n) is 13.0. The zero-order valence-corrected chi connectivity index (χ0v) is 14.6. The van der Waals surface area contributed by atoms with Gasteiger partial charge in [-0.15, -0.1) is 11.3 Å². The summed E-state index contributed by atoms with van der Waals surface area (Å²) in [5.41, 5.74) is 0.0906. The van der Waals surface area contributed by atoms with Crippen molar-refractivity contribution >= 4 is 21.4 Å². The van der Waals surface area contributed by atoms with Crippen LogP contribution in [-0.4, -0.2) is 21.5 Å². The van der Waals surface area contributed by atoms with Crippen molar-refractivity contribution in [3.8, 4) is 0 Å². The maximum absolute atomic E-state index is 12.2. The molecule has 1 heterocycles. The summed E-state index contributed by atoms with van der Waals surface area (Å²) in [6, 6.07) is 1.75. The molecule has 0 saturated carbocycles.